The van der Waals surface area contributed by atoms with E-state index in [4.69, 9.17) is 5.73 Å². The minimum Gasteiger partial charge on any atom is -0.357 e. The average molecular weight is 324 g/mol. The molecule has 3 rings (SSSR count). The molecule has 5 nitrogen and oxygen atoms in total. The van der Waals surface area contributed by atoms with Crippen molar-refractivity contribution in [2.45, 2.75) is 31.8 Å². The van der Waals surface area contributed by atoms with Crippen molar-refractivity contribution in [1.29, 1.82) is 0 Å². The van der Waals surface area contributed by atoms with Crippen molar-refractivity contribution < 1.29 is 4.79 Å². The number of carbonyl (C=O) groups is 1. The standard InChI is InChI=1S/C19H24N4O/c20-17(16-6-2-1-3-7-16)13-19(24)22-14-15-8-9-21-18(12-15)23-10-4-5-11-23/h1-3,6-9,12,17H,4-5,10-11,13-14,20H2,(H,22,24). The lowest BCUT2D eigenvalue weighted by atomic mass is 10.0. The fourth-order valence-electron chi connectivity index (χ4n) is 2.98. The molecule has 0 aliphatic carbocycles. The summed E-state index contributed by atoms with van der Waals surface area (Å²) in [6.07, 6.45) is 4.54. The zero-order valence-corrected chi connectivity index (χ0v) is 13.8. The Kier molecular flexibility index (Phi) is 5.43. The van der Waals surface area contributed by atoms with Gasteiger partial charge >= 0.3 is 0 Å². The number of nitrogens with two attached hydrogens (primary N) is 1. The van der Waals surface area contributed by atoms with E-state index in [0.29, 0.717) is 6.54 Å². The van der Waals surface area contributed by atoms with Crippen molar-refractivity contribution in [3.05, 3.63) is 59.8 Å². The highest BCUT2D eigenvalue weighted by Crippen LogP contribution is 2.18. The van der Waals surface area contributed by atoms with Gasteiger partial charge in [0.15, 0.2) is 0 Å². The van der Waals surface area contributed by atoms with Gasteiger partial charge in [-0.1, -0.05) is 30.3 Å². The third-order valence-corrected chi connectivity index (χ3v) is 4.36. The summed E-state index contributed by atoms with van der Waals surface area (Å²) in [5.41, 5.74) is 8.14. The van der Waals surface area contributed by atoms with Gasteiger partial charge in [0.1, 0.15) is 5.82 Å². The molecular formula is C19H24N4O. The molecule has 1 fully saturated rings. The first-order valence-electron chi connectivity index (χ1n) is 8.49. The fourth-order valence-corrected chi connectivity index (χ4v) is 2.98. The van der Waals surface area contributed by atoms with E-state index in [0.717, 1.165) is 30.0 Å². The van der Waals surface area contributed by atoms with Gasteiger partial charge in [0.25, 0.3) is 0 Å². The molecule has 1 atom stereocenters. The second kappa shape index (κ2) is 7.93. The topological polar surface area (TPSA) is 71.2 Å². The Labute approximate surface area is 142 Å². The van der Waals surface area contributed by atoms with Crippen LogP contribution in [0.3, 0.4) is 0 Å². The third kappa shape index (κ3) is 4.32. The highest BCUT2D eigenvalue weighted by Gasteiger charge is 2.14. The molecule has 126 valence electrons. The van der Waals surface area contributed by atoms with Crippen LogP contribution in [0.4, 0.5) is 5.82 Å². The predicted octanol–water partition coefficient (Wildman–Crippen LogP) is 2.39. The number of benzene rings is 1. The number of aromatic nitrogens is 1. The first-order chi connectivity index (χ1) is 11.7. The van der Waals surface area contributed by atoms with E-state index >= 15 is 0 Å². The monoisotopic (exact) mass is 324 g/mol. The van der Waals surface area contributed by atoms with Gasteiger partial charge in [0.2, 0.25) is 5.91 Å². The van der Waals surface area contributed by atoms with Crippen LogP contribution in [0, 0.1) is 0 Å². The Morgan fingerprint density at radius 3 is 2.71 bits per heavy atom. The molecule has 0 bridgehead atoms. The van der Waals surface area contributed by atoms with Crippen LogP contribution in [0.25, 0.3) is 0 Å². The van der Waals surface area contributed by atoms with E-state index in [1.54, 1.807) is 0 Å². The molecule has 1 aromatic heterocycles. The highest BCUT2D eigenvalue weighted by molar-refractivity contribution is 5.76. The van der Waals surface area contributed by atoms with Crippen LogP contribution < -0.4 is 16.0 Å². The second-order valence-corrected chi connectivity index (χ2v) is 6.21. The van der Waals surface area contributed by atoms with Gasteiger partial charge in [0.05, 0.1) is 0 Å². The van der Waals surface area contributed by atoms with Crippen LogP contribution in [-0.4, -0.2) is 24.0 Å². The number of pyridine rings is 1. The summed E-state index contributed by atoms with van der Waals surface area (Å²) in [5, 5.41) is 2.95. The van der Waals surface area contributed by atoms with Crippen molar-refractivity contribution in [3.8, 4) is 0 Å². The lowest BCUT2D eigenvalue weighted by molar-refractivity contribution is -0.121. The van der Waals surface area contributed by atoms with Gasteiger partial charge in [-0.05, 0) is 36.1 Å². The van der Waals surface area contributed by atoms with E-state index in [2.05, 4.69) is 21.3 Å². The zero-order chi connectivity index (χ0) is 16.8. The Balaban J connectivity index is 1.52. The maximum atomic E-state index is 12.1. The van der Waals surface area contributed by atoms with Gasteiger partial charge in [-0.15, -0.1) is 0 Å². The summed E-state index contributed by atoms with van der Waals surface area (Å²) in [7, 11) is 0. The smallest absolute Gasteiger partial charge is 0.222 e. The Hall–Kier alpha value is -2.40. The summed E-state index contributed by atoms with van der Waals surface area (Å²) in [5.74, 6) is 0.964. The maximum absolute atomic E-state index is 12.1. The zero-order valence-electron chi connectivity index (χ0n) is 13.8. The summed E-state index contributed by atoms with van der Waals surface area (Å²) in [4.78, 5) is 18.8. The normalized spacial score (nSPS) is 15.3. The molecule has 1 aliphatic rings. The van der Waals surface area contributed by atoms with Crippen molar-refractivity contribution in [2.75, 3.05) is 18.0 Å². The van der Waals surface area contributed by atoms with Crippen LogP contribution in [0.15, 0.2) is 48.7 Å². The van der Waals surface area contributed by atoms with Crippen molar-refractivity contribution in [3.63, 3.8) is 0 Å². The van der Waals surface area contributed by atoms with Gasteiger partial charge < -0.3 is 16.0 Å². The molecule has 1 unspecified atom stereocenters. The molecule has 1 aromatic carbocycles. The molecule has 1 saturated heterocycles. The van der Waals surface area contributed by atoms with E-state index in [-0.39, 0.29) is 18.4 Å². The molecule has 2 heterocycles. The van der Waals surface area contributed by atoms with Gasteiger partial charge in [-0.25, -0.2) is 4.98 Å². The first kappa shape index (κ1) is 16.5. The summed E-state index contributed by atoms with van der Waals surface area (Å²) in [6.45, 7) is 2.63. The second-order valence-electron chi connectivity index (χ2n) is 6.21. The Bertz CT molecular complexity index is 668. The lowest BCUT2D eigenvalue weighted by Crippen LogP contribution is -2.27. The average Bonchev–Trinajstić information content (AvgIpc) is 3.16. The number of carbonyl (C=O) groups excluding carboxylic acids is 1. The van der Waals surface area contributed by atoms with Crippen LogP contribution in [0.1, 0.15) is 36.4 Å². The third-order valence-electron chi connectivity index (χ3n) is 4.36. The number of hydrogen-bond acceptors (Lipinski definition) is 4. The van der Waals surface area contributed by atoms with Crippen LogP contribution in [0.2, 0.25) is 0 Å². The highest BCUT2D eigenvalue weighted by atomic mass is 16.1. The predicted molar refractivity (Wildman–Crippen MR) is 95.5 cm³/mol. The Morgan fingerprint density at radius 1 is 1.21 bits per heavy atom. The molecule has 1 amide bonds. The van der Waals surface area contributed by atoms with Crippen molar-refractivity contribution in [2.24, 2.45) is 5.73 Å². The largest absolute Gasteiger partial charge is 0.357 e. The Morgan fingerprint density at radius 2 is 1.96 bits per heavy atom. The maximum Gasteiger partial charge on any atom is 0.222 e. The van der Waals surface area contributed by atoms with Gasteiger partial charge in [-0.2, -0.15) is 0 Å². The summed E-state index contributed by atoms with van der Waals surface area (Å²) in [6, 6.07) is 13.4. The first-order valence-corrected chi connectivity index (χ1v) is 8.49. The number of amides is 1. The number of hydrogen-bond donors (Lipinski definition) is 2. The molecule has 1 aliphatic heterocycles. The minimum atomic E-state index is -0.274. The molecule has 0 saturated carbocycles. The molecule has 0 radical (unpaired) electrons. The molecule has 24 heavy (non-hydrogen) atoms. The molecule has 3 N–H and O–H groups in total. The van der Waals surface area contributed by atoms with Crippen LogP contribution >= 0.6 is 0 Å². The number of nitrogens with zero attached hydrogens (tertiary/aromatic N) is 2. The molecule has 0 spiro atoms. The van der Waals surface area contributed by atoms with Gasteiger partial charge in [0, 0.05) is 38.3 Å². The lowest BCUT2D eigenvalue weighted by Gasteiger charge is -2.17. The number of anilines is 1. The number of nitrogens with one attached hydrogen (secondary N) is 1. The molecule has 2 aromatic rings. The molecule has 5 heteroatoms. The van der Waals surface area contributed by atoms with E-state index < -0.39 is 0 Å². The van der Waals surface area contributed by atoms with E-state index in [1.807, 2.05) is 42.6 Å². The minimum absolute atomic E-state index is 0.0362. The summed E-state index contributed by atoms with van der Waals surface area (Å²) >= 11 is 0. The van der Waals surface area contributed by atoms with Crippen molar-refractivity contribution in [1.82, 2.24) is 10.3 Å². The van der Waals surface area contributed by atoms with Crippen LogP contribution in [0.5, 0.6) is 0 Å². The SMILES string of the molecule is NC(CC(=O)NCc1ccnc(N2CCCC2)c1)c1ccccc1. The van der Waals surface area contributed by atoms with E-state index in [1.165, 1.54) is 12.8 Å². The fraction of sp³-hybridized carbons (Fsp3) is 0.368. The van der Waals surface area contributed by atoms with E-state index in [9.17, 15) is 4.79 Å². The van der Waals surface area contributed by atoms with Crippen molar-refractivity contribution >= 4 is 11.7 Å². The summed E-state index contributed by atoms with van der Waals surface area (Å²) < 4.78 is 0. The van der Waals surface area contributed by atoms with Crippen LogP contribution in [-0.2, 0) is 11.3 Å². The molecular weight excluding hydrogens is 300 g/mol. The number of rotatable bonds is 6. The quantitative estimate of drug-likeness (QED) is 0.856. The van der Waals surface area contributed by atoms with Gasteiger partial charge in [-0.3, -0.25) is 4.79 Å².